The molecule has 2 heterocycles. The van der Waals surface area contributed by atoms with E-state index in [1.807, 2.05) is 37.4 Å². The van der Waals surface area contributed by atoms with Crippen molar-refractivity contribution in [2.75, 3.05) is 19.6 Å². The Balaban J connectivity index is 1.93. The van der Waals surface area contributed by atoms with Gasteiger partial charge in [0.05, 0.1) is 5.51 Å². The quantitative estimate of drug-likeness (QED) is 0.864. The summed E-state index contributed by atoms with van der Waals surface area (Å²) in [5, 5.41) is 3.66. The SMILES string of the molecule is CCCNC(Cc1cncs1)C1CCN(C(=O)OC(C)(C)C)C1. The standard InChI is InChI=1S/C17H29N3O2S/c1-5-7-19-15(9-14-10-18-12-23-14)13-6-8-20(11-13)16(21)22-17(2,3)4/h10,12-13,15,19H,5-9,11H2,1-4H3. The van der Waals surface area contributed by atoms with E-state index in [4.69, 9.17) is 4.74 Å². The molecular formula is C17H29N3O2S. The predicted molar refractivity (Wildman–Crippen MR) is 93.8 cm³/mol. The fourth-order valence-electron chi connectivity index (χ4n) is 2.90. The number of likely N-dealkylation sites (tertiary alicyclic amines) is 1. The first kappa shape index (κ1) is 18.2. The first-order chi connectivity index (χ1) is 10.9. The molecule has 1 aliphatic heterocycles. The molecule has 1 amide bonds. The molecule has 5 nitrogen and oxygen atoms in total. The molecule has 1 saturated heterocycles. The maximum atomic E-state index is 12.2. The molecule has 0 aromatic carbocycles. The molecule has 1 aromatic rings. The highest BCUT2D eigenvalue weighted by Gasteiger charge is 2.33. The number of hydrogen-bond acceptors (Lipinski definition) is 5. The third kappa shape index (κ3) is 5.77. The number of ether oxygens (including phenoxy) is 1. The molecule has 2 rings (SSSR count). The van der Waals surface area contributed by atoms with Crippen LogP contribution < -0.4 is 5.32 Å². The highest BCUT2D eigenvalue weighted by atomic mass is 32.1. The average molecular weight is 340 g/mol. The van der Waals surface area contributed by atoms with Crippen LogP contribution in [0, 0.1) is 5.92 Å². The minimum atomic E-state index is -0.433. The number of hydrogen-bond donors (Lipinski definition) is 1. The molecule has 130 valence electrons. The molecule has 2 unspecified atom stereocenters. The van der Waals surface area contributed by atoms with Gasteiger partial charge in [0, 0.05) is 30.2 Å². The Morgan fingerprint density at radius 1 is 1.57 bits per heavy atom. The zero-order valence-electron chi connectivity index (χ0n) is 14.7. The second-order valence-corrected chi connectivity index (χ2v) is 8.18. The van der Waals surface area contributed by atoms with Crippen molar-refractivity contribution in [1.29, 1.82) is 0 Å². The minimum Gasteiger partial charge on any atom is -0.444 e. The summed E-state index contributed by atoms with van der Waals surface area (Å²) in [6, 6.07) is 0.392. The molecule has 1 aromatic heterocycles. The monoisotopic (exact) mass is 339 g/mol. The third-order valence-corrected chi connectivity index (χ3v) is 4.81. The zero-order valence-corrected chi connectivity index (χ0v) is 15.5. The van der Waals surface area contributed by atoms with Crippen LogP contribution >= 0.6 is 11.3 Å². The van der Waals surface area contributed by atoms with Crippen LogP contribution in [0.2, 0.25) is 0 Å². The summed E-state index contributed by atoms with van der Waals surface area (Å²) in [6.07, 6.45) is 4.89. The molecule has 23 heavy (non-hydrogen) atoms. The molecule has 1 aliphatic rings. The molecule has 1 N–H and O–H groups in total. The smallest absolute Gasteiger partial charge is 0.410 e. The van der Waals surface area contributed by atoms with E-state index in [0.29, 0.717) is 12.0 Å². The lowest BCUT2D eigenvalue weighted by Crippen LogP contribution is -2.41. The van der Waals surface area contributed by atoms with Crippen LogP contribution in [0.3, 0.4) is 0 Å². The van der Waals surface area contributed by atoms with Gasteiger partial charge < -0.3 is 15.0 Å². The summed E-state index contributed by atoms with van der Waals surface area (Å²) in [4.78, 5) is 19.6. The first-order valence-corrected chi connectivity index (χ1v) is 9.35. The van der Waals surface area contributed by atoms with E-state index >= 15 is 0 Å². The number of nitrogens with zero attached hydrogens (tertiary/aromatic N) is 2. The second-order valence-electron chi connectivity index (χ2n) is 7.21. The Kier molecular flexibility index (Phi) is 6.41. The Labute approximate surface area is 143 Å². The van der Waals surface area contributed by atoms with Crippen molar-refractivity contribution in [3.05, 3.63) is 16.6 Å². The van der Waals surface area contributed by atoms with Crippen molar-refractivity contribution < 1.29 is 9.53 Å². The van der Waals surface area contributed by atoms with Gasteiger partial charge in [0.2, 0.25) is 0 Å². The Bertz CT molecular complexity index is 485. The van der Waals surface area contributed by atoms with Crippen LogP contribution in [-0.2, 0) is 11.2 Å². The van der Waals surface area contributed by atoms with Crippen molar-refractivity contribution >= 4 is 17.4 Å². The molecular weight excluding hydrogens is 310 g/mol. The van der Waals surface area contributed by atoms with Crippen molar-refractivity contribution in [3.63, 3.8) is 0 Å². The minimum absolute atomic E-state index is 0.188. The average Bonchev–Trinajstić information content (AvgIpc) is 3.12. The number of aromatic nitrogens is 1. The van der Waals surface area contributed by atoms with E-state index in [0.717, 1.165) is 38.9 Å². The molecule has 2 atom stereocenters. The lowest BCUT2D eigenvalue weighted by Gasteiger charge is -2.26. The maximum Gasteiger partial charge on any atom is 0.410 e. The summed E-state index contributed by atoms with van der Waals surface area (Å²) in [5.74, 6) is 0.469. The lowest BCUT2D eigenvalue weighted by atomic mass is 9.95. The van der Waals surface area contributed by atoms with Crippen LogP contribution in [0.5, 0.6) is 0 Å². The van der Waals surface area contributed by atoms with Gasteiger partial charge in [-0.05, 0) is 52.5 Å². The highest BCUT2D eigenvalue weighted by molar-refractivity contribution is 7.09. The van der Waals surface area contributed by atoms with Crippen molar-refractivity contribution in [3.8, 4) is 0 Å². The van der Waals surface area contributed by atoms with Gasteiger partial charge in [-0.15, -0.1) is 11.3 Å². The largest absolute Gasteiger partial charge is 0.444 e. The number of amides is 1. The van der Waals surface area contributed by atoms with E-state index in [1.165, 1.54) is 4.88 Å². The van der Waals surface area contributed by atoms with Gasteiger partial charge in [-0.1, -0.05) is 6.92 Å². The lowest BCUT2D eigenvalue weighted by molar-refractivity contribution is 0.0285. The van der Waals surface area contributed by atoms with E-state index in [-0.39, 0.29) is 6.09 Å². The van der Waals surface area contributed by atoms with Gasteiger partial charge in [0.15, 0.2) is 0 Å². The van der Waals surface area contributed by atoms with Gasteiger partial charge in [-0.25, -0.2) is 4.79 Å². The van der Waals surface area contributed by atoms with E-state index < -0.39 is 5.60 Å². The van der Waals surface area contributed by atoms with E-state index in [9.17, 15) is 4.79 Å². The van der Waals surface area contributed by atoms with Crippen molar-refractivity contribution in [1.82, 2.24) is 15.2 Å². The Morgan fingerprint density at radius 2 is 2.35 bits per heavy atom. The van der Waals surface area contributed by atoms with Crippen LogP contribution in [0.25, 0.3) is 0 Å². The van der Waals surface area contributed by atoms with Crippen LogP contribution in [-0.4, -0.2) is 47.3 Å². The first-order valence-electron chi connectivity index (χ1n) is 8.47. The van der Waals surface area contributed by atoms with Crippen molar-refractivity contribution in [2.24, 2.45) is 5.92 Å². The van der Waals surface area contributed by atoms with Crippen LogP contribution in [0.1, 0.15) is 45.4 Å². The second kappa shape index (κ2) is 8.11. The zero-order chi connectivity index (χ0) is 16.9. The fraction of sp³-hybridized carbons (Fsp3) is 0.765. The summed E-state index contributed by atoms with van der Waals surface area (Å²) in [5.41, 5.74) is 1.45. The van der Waals surface area contributed by atoms with Gasteiger partial charge >= 0.3 is 6.09 Å². The number of rotatable bonds is 6. The number of thiazole rings is 1. The summed E-state index contributed by atoms with van der Waals surface area (Å²) in [6.45, 7) is 10.5. The van der Waals surface area contributed by atoms with Crippen LogP contribution in [0.15, 0.2) is 11.7 Å². The van der Waals surface area contributed by atoms with Gasteiger partial charge in [0.25, 0.3) is 0 Å². The summed E-state index contributed by atoms with van der Waals surface area (Å²) in [7, 11) is 0. The Hall–Kier alpha value is -1.14. The van der Waals surface area contributed by atoms with Gasteiger partial charge in [-0.2, -0.15) is 0 Å². The van der Waals surface area contributed by atoms with Crippen molar-refractivity contribution in [2.45, 2.75) is 58.6 Å². The normalized spacial score (nSPS) is 19.8. The number of carbonyl (C=O) groups is 1. The van der Waals surface area contributed by atoms with Gasteiger partial charge in [0.1, 0.15) is 5.60 Å². The molecule has 0 bridgehead atoms. The van der Waals surface area contributed by atoms with Gasteiger partial charge in [-0.3, -0.25) is 4.98 Å². The Morgan fingerprint density at radius 3 is 2.96 bits per heavy atom. The molecule has 6 heteroatoms. The molecule has 0 aliphatic carbocycles. The summed E-state index contributed by atoms with van der Waals surface area (Å²) >= 11 is 1.70. The van der Waals surface area contributed by atoms with E-state index in [1.54, 1.807) is 11.3 Å². The molecule has 0 spiro atoms. The number of carbonyl (C=O) groups excluding carboxylic acids is 1. The molecule has 0 radical (unpaired) electrons. The highest BCUT2D eigenvalue weighted by Crippen LogP contribution is 2.25. The van der Waals surface area contributed by atoms with Crippen LogP contribution in [0.4, 0.5) is 4.79 Å². The fourth-order valence-corrected chi connectivity index (χ4v) is 3.56. The number of nitrogens with one attached hydrogen (secondary N) is 1. The summed E-state index contributed by atoms with van der Waals surface area (Å²) < 4.78 is 5.50. The topological polar surface area (TPSA) is 54.5 Å². The molecule has 1 fully saturated rings. The predicted octanol–water partition coefficient (Wildman–Crippen LogP) is 3.31. The molecule has 0 saturated carbocycles. The maximum absolute atomic E-state index is 12.2. The van der Waals surface area contributed by atoms with E-state index in [2.05, 4.69) is 17.2 Å². The third-order valence-electron chi connectivity index (χ3n) is 4.01.